The number of pyridine rings is 1. The Kier molecular flexibility index (Phi) is 6.27. The second-order valence-electron chi connectivity index (χ2n) is 11.5. The van der Waals surface area contributed by atoms with Crippen LogP contribution in [0.5, 0.6) is 0 Å². The molecule has 2 aliphatic heterocycles. The van der Waals surface area contributed by atoms with Gasteiger partial charge in [-0.2, -0.15) is 0 Å². The molecule has 3 aromatic rings. The molecule has 4 heterocycles. The highest BCUT2D eigenvalue weighted by molar-refractivity contribution is 6.18. The van der Waals surface area contributed by atoms with Crippen molar-refractivity contribution in [1.29, 1.82) is 0 Å². The number of carbonyl (C=O) groups excluding carboxylic acids is 2. The minimum Gasteiger partial charge on any atom is -0.347 e. The summed E-state index contributed by atoms with van der Waals surface area (Å²) < 4.78 is 30.3. The Morgan fingerprint density at radius 2 is 1.90 bits per heavy atom. The van der Waals surface area contributed by atoms with E-state index in [0.717, 1.165) is 6.07 Å². The zero-order valence-electron chi connectivity index (χ0n) is 22.8. The highest BCUT2D eigenvalue weighted by Crippen LogP contribution is 2.38. The molecule has 0 saturated heterocycles. The Labute approximate surface area is 225 Å². The van der Waals surface area contributed by atoms with Crippen molar-refractivity contribution in [2.75, 3.05) is 18.0 Å². The molecular weight excluding hydrogens is 504 g/mol. The maximum Gasteiger partial charge on any atom is 0.283 e. The van der Waals surface area contributed by atoms with Crippen LogP contribution in [0.1, 0.15) is 68.0 Å². The molecule has 0 unspecified atom stereocenters. The second kappa shape index (κ2) is 9.25. The molecule has 2 aliphatic rings. The monoisotopic (exact) mass is 535 g/mol. The number of rotatable bonds is 5. The Balaban J connectivity index is 1.70. The van der Waals surface area contributed by atoms with Crippen LogP contribution in [0.4, 0.5) is 14.6 Å². The number of hydrogen-bond donors (Lipinski definition) is 1. The zero-order chi connectivity index (χ0) is 28.3. The Bertz CT molecular complexity index is 1520. The van der Waals surface area contributed by atoms with Crippen molar-refractivity contribution in [3.8, 4) is 11.4 Å². The molecule has 204 valence electrons. The average molecular weight is 536 g/mol. The maximum absolute atomic E-state index is 14.9. The summed E-state index contributed by atoms with van der Waals surface area (Å²) in [5, 5.41) is 2.91. The number of amides is 2. The van der Waals surface area contributed by atoms with Gasteiger partial charge in [0.1, 0.15) is 23.3 Å². The second-order valence-corrected chi connectivity index (χ2v) is 11.5. The summed E-state index contributed by atoms with van der Waals surface area (Å²) in [5.41, 5.74) is 0.257. The molecule has 0 aliphatic carbocycles. The summed E-state index contributed by atoms with van der Waals surface area (Å²) >= 11 is 0. The van der Waals surface area contributed by atoms with Crippen LogP contribution in [0.3, 0.4) is 0 Å². The summed E-state index contributed by atoms with van der Waals surface area (Å²) in [5.74, 6) is -0.733. The lowest BCUT2D eigenvalue weighted by molar-refractivity contribution is 0.0840. The molecule has 1 aromatic carbocycles. The zero-order valence-corrected chi connectivity index (χ0v) is 22.8. The summed E-state index contributed by atoms with van der Waals surface area (Å²) in [6, 6.07) is 5.03. The van der Waals surface area contributed by atoms with Crippen LogP contribution in [0.15, 0.2) is 41.7 Å². The molecule has 9 nitrogen and oxygen atoms in total. The highest BCUT2D eigenvalue weighted by atomic mass is 19.1. The number of hydrogen-bond acceptors (Lipinski definition) is 6. The van der Waals surface area contributed by atoms with Crippen LogP contribution >= 0.6 is 0 Å². The van der Waals surface area contributed by atoms with Crippen molar-refractivity contribution < 1.29 is 18.4 Å². The Morgan fingerprint density at radius 1 is 1.15 bits per heavy atom. The third-order valence-corrected chi connectivity index (χ3v) is 6.48. The van der Waals surface area contributed by atoms with Gasteiger partial charge in [0.25, 0.3) is 11.8 Å². The minimum absolute atomic E-state index is 0.0359. The van der Waals surface area contributed by atoms with Crippen molar-refractivity contribution >= 4 is 23.6 Å². The smallest absolute Gasteiger partial charge is 0.283 e. The third-order valence-electron chi connectivity index (χ3n) is 6.48. The first-order chi connectivity index (χ1) is 18.3. The van der Waals surface area contributed by atoms with Gasteiger partial charge in [-0.05, 0) is 53.7 Å². The highest BCUT2D eigenvalue weighted by Gasteiger charge is 2.46. The van der Waals surface area contributed by atoms with Gasteiger partial charge >= 0.3 is 0 Å². The molecule has 0 spiro atoms. The number of imidazole rings is 1. The predicted molar refractivity (Wildman–Crippen MR) is 144 cm³/mol. The van der Waals surface area contributed by atoms with Crippen LogP contribution in [0.2, 0.25) is 0 Å². The van der Waals surface area contributed by atoms with Crippen LogP contribution in [-0.4, -0.2) is 61.4 Å². The minimum atomic E-state index is -0.715. The van der Waals surface area contributed by atoms with E-state index in [1.54, 1.807) is 21.7 Å². The molecule has 0 saturated carbocycles. The lowest BCUT2D eigenvalue weighted by Crippen LogP contribution is -2.51. The van der Waals surface area contributed by atoms with Gasteiger partial charge < -0.3 is 9.88 Å². The van der Waals surface area contributed by atoms with Gasteiger partial charge in [-0.25, -0.2) is 18.8 Å². The lowest BCUT2D eigenvalue weighted by Gasteiger charge is -2.34. The number of nitrogens with zero attached hydrogens (tertiary/aromatic N) is 6. The van der Waals surface area contributed by atoms with Crippen molar-refractivity contribution in [1.82, 2.24) is 24.8 Å². The number of aliphatic imine (C=N–C) groups is 1. The molecule has 0 atom stereocenters. The first-order valence-corrected chi connectivity index (χ1v) is 12.8. The van der Waals surface area contributed by atoms with E-state index >= 15 is 0 Å². The molecule has 2 amide bonds. The van der Waals surface area contributed by atoms with Gasteiger partial charge in [0.2, 0.25) is 5.96 Å². The standard InChI is InChI=1S/C28H31F2N7O2/c1-7-35-25(39)21-24(37-15-28(5,6)34-26(35)37)36(14-16-8-9-19(29)11-20(16)30)22(32-21)17-10-18(13-31-12-17)23(38)33-27(2,3)4/h8-13H,7,14-15H2,1-6H3,(H,33,38). The predicted octanol–water partition coefficient (Wildman–Crippen LogP) is 4.23. The molecule has 11 heteroatoms. The van der Waals surface area contributed by atoms with Crippen molar-refractivity contribution in [2.45, 2.75) is 59.2 Å². The molecule has 0 radical (unpaired) electrons. The molecule has 39 heavy (non-hydrogen) atoms. The topological polar surface area (TPSA) is 95.7 Å². The fourth-order valence-electron chi connectivity index (χ4n) is 4.85. The fraction of sp³-hybridized carbons (Fsp3) is 0.393. The number of carbonyl (C=O) groups is 2. The van der Waals surface area contributed by atoms with Crippen LogP contribution < -0.4 is 10.2 Å². The number of guanidine groups is 1. The largest absolute Gasteiger partial charge is 0.347 e. The van der Waals surface area contributed by atoms with Crippen molar-refractivity contribution in [2.24, 2.45) is 4.99 Å². The van der Waals surface area contributed by atoms with Gasteiger partial charge in [0.05, 0.1) is 24.2 Å². The van der Waals surface area contributed by atoms with E-state index < -0.39 is 22.7 Å². The maximum atomic E-state index is 14.9. The number of fused-ring (bicyclic) bond motifs is 3. The third kappa shape index (κ3) is 4.88. The first kappa shape index (κ1) is 26.5. The Hall–Kier alpha value is -4.15. The van der Waals surface area contributed by atoms with Gasteiger partial charge in [0, 0.05) is 41.7 Å². The summed E-state index contributed by atoms with van der Waals surface area (Å²) in [4.78, 5) is 43.8. The molecule has 5 rings (SSSR count). The van der Waals surface area contributed by atoms with Crippen LogP contribution in [0, 0.1) is 11.6 Å². The molecular formula is C28H31F2N7O2. The average Bonchev–Trinajstić information content (AvgIpc) is 3.37. The van der Waals surface area contributed by atoms with E-state index in [1.807, 2.05) is 46.4 Å². The molecule has 1 N–H and O–H groups in total. The quantitative estimate of drug-likeness (QED) is 0.528. The number of halogens is 2. The summed E-state index contributed by atoms with van der Waals surface area (Å²) in [6.07, 6.45) is 3.00. The molecule has 2 aromatic heterocycles. The number of anilines is 1. The number of nitrogens with one attached hydrogen (secondary N) is 1. The number of aromatic nitrogens is 3. The summed E-state index contributed by atoms with van der Waals surface area (Å²) in [6.45, 7) is 12.3. The molecule has 0 bridgehead atoms. The SMILES string of the molecule is CCN1C(=O)c2nc(-c3cncc(C(=O)NC(C)(C)C)c3)n(Cc3ccc(F)cc3F)c2N2CC(C)(C)N=C12. The van der Waals surface area contributed by atoms with Crippen LogP contribution in [0.25, 0.3) is 11.4 Å². The molecule has 0 fully saturated rings. The first-order valence-electron chi connectivity index (χ1n) is 12.8. The lowest BCUT2D eigenvalue weighted by atomic mass is 10.1. The van der Waals surface area contributed by atoms with E-state index in [4.69, 9.17) is 9.98 Å². The van der Waals surface area contributed by atoms with Gasteiger partial charge in [-0.3, -0.25) is 24.4 Å². The van der Waals surface area contributed by atoms with Gasteiger partial charge in [0.15, 0.2) is 5.69 Å². The fourth-order valence-corrected chi connectivity index (χ4v) is 4.85. The number of benzene rings is 1. The Morgan fingerprint density at radius 3 is 2.56 bits per heavy atom. The van der Waals surface area contributed by atoms with Crippen molar-refractivity contribution in [3.05, 3.63) is 65.1 Å². The van der Waals surface area contributed by atoms with E-state index in [-0.39, 0.29) is 29.6 Å². The van der Waals surface area contributed by atoms with E-state index in [1.165, 1.54) is 18.3 Å². The van der Waals surface area contributed by atoms with Crippen LogP contribution in [-0.2, 0) is 6.54 Å². The van der Waals surface area contributed by atoms with E-state index in [2.05, 4.69) is 10.3 Å². The summed E-state index contributed by atoms with van der Waals surface area (Å²) in [7, 11) is 0. The van der Waals surface area contributed by atoms with Gasteiger partial charge in [-0.1, -0.05) is 6.07 Å². The van der Waals surface area contributed by atoms with Gasteiger partial charge in [-0.15, -0.1) is 0 Å². The van der Waals surface area contributed by atoms with E-state index in [9.17, 15) is 18.4 Å². The van der Waals surface area contributed by atoms with Crippen molar-refractivity contribution in [3.63, 3.8) is 0 Å². The normalized spacial score (nSPS) is 16.2. The van der Waals surface area contributed by atoms with E-state index in [0.29, 0.717) is 41.8 Å².